The summed E-state index contributed by atoms with van der Waals surface area (Å²) in [6.45, 7) is 5.04. The molecular formula is C21H22F3N3OS. The molecule has 0 atom stereocenters. The smallest absolute Gasteiger partial charge is 0.355 e. The third kappa shape index (κ3) is 5.53. The van der Waals surface area contributed by atoms with Crippen LogP contribution in [-0.2, 0) is 17.5 Å². The number of nitrogens with zero attached hydrogens (tertiary/aromatic N) is 2. The number of rotatable bonds is 7. The Bertz CT molecular complexity index is 984. The molecule has 0 unspecified atom stereocenters. The summed E-state index contributed by atoms with van der Waals surface area (Å²) in [5, 5.41) is 3.36. The number of hydrogen-bond acceptors (Lipinski definition) is 3. The molecular weight excluding hydrogens is 399 g/mol. The molecule has 1 N–H and O–H groups in total. The highest BCUT2D eigenvalue weighted by Crippen LogP contribution is 2.33. The molecule has 1 amide bonds. The van der Waals surface area contributed by atoms with Gasteiger partial charge in [0.15, 0.2) is 5.16 Å². The van der Waals surface area contributed by atoms with Gasteiger partial charge in [-0.25, -0.2) is 4.98 Å². The Hall–Kier alpha value is -2.48. The van der Waals surface area contributed by atoms with Crippen molar-refractivity contribution in [3.63, 3.8) is 0 Å². The number of carbonyl (C=O) groups is 1. The first kappa shape index (κ1) is 21.2. The maximum absolute atomic E-state index is 13.1. The molecule has 0 saturated heterocycles. The number of halogens is 3. The van der Waals surface area contributed by atoms with E-state index in [9.17, 15) is 18.0 Å². The molecule has 4 nitrogen and oxygen atoms in total. The van der Waals surface area contributed by atoms with Gasteiger partial charge in [-0.1, -0.05) is 55.9 Å². The summed E-state index contributed by atoms with van der Waals surface area (Å²) in [4.78, 5) is 16.5. The first-order valence-electron chi connectivity index (χ1n) is 9.25. The van der Waals surface area contributed by atoms with Gasteiger partial charge in [-0.2, -0.15) is 13.2 Å². The van der Waals surface area contributed by atoms with Crippen LogP contribution >= 0.6 is 11.8 Å². The van der Waals surface area contributed by atoms with E-state index in [4.69, 9.17) is 0 Å². The van der Waals surface area contributed by atoms with Crippen molar-refractivity contribution < 1.29 is 18.0 Å². The molecule has 1 heterocycles. The molecule has 0 radical (unpaired) electrons. The summed E-state index contributed by atoms with van der Waals surface area (Å²) in [7, 11) is 0. The summed E-state index contributed by atoms with van der Waals surface area (Å²) in [6, 6.07) is 13.2. The van der Waals surface area contributed by atoms with E-state index in [-0.39, 0.29) is 17.2 Å². The fourth-order valence-corrected chi connectivity index (χ4v) is 3.66. The zero-order chi connectivity index (χ0) is 21.0. The summed E-state index contributed by atoms with van der Waals surface area (Å²) >= 11 is 1.22. The van der Waals surface area contributed by atoms with Crippen molar-refractivity contribution in [1.82, 2.24) is 14.9 Å². The Kier molecular flexibility index (Phi) is 6.52. The van der Waals surface area contributed by atoms with Gasteiger partial charge in [0.2, 0.25) is 5.91 Å². The molecule has 154 valence electrons. The molecule has 0 fully saturated rings. The molecule has 3 aromatic rings. The van der Waals surface area contributed by atoms with Gasteiger partial charge >= 0.3 is 6.18 Å². The topological polar surface area (TPSA) is 46.9 Å². The van der Waals surface area contributed by atoms with Crippen molar-refractivity contribution in [2.75, 3.05) is 12.3 Å². The molecule has 0 aliphatic rings. The molecule has 0 saturated carbocycles. The number of amides is 1. The average molecular weight is 421 g/mol. The second-order valence-electron chi connectivity index (χ2n) is 7.15. The standard InChI is InChI=1S/C21H22F3N3OS/c1-14(2)11-25-19(28)13-29-20-26-17-10-16(21(22,23)24)8-9-18(17)27(20)12-15-6-4-3-5-7-15/h3-10,14H,11-13H2,1-2H3,(H,25,28). The van der Waals surface area contributed by atoms with E-state index in [1.165, 1.54) is 17.8 Å². The van der Waals surface area contributed by atoms with Crippen molar-refractivity contribution in [2.24, 2.45) is 5.92 Å². The number of imidazole rings is 1. The minimum Gasteiger partial charge on any atom is -0.355 e. The summed E-state index contributed by atoms with van der Waals surface area (Å²) < 4.78 is 41.1. The van der Waals surface area contributed by atoms with Crippen LogP contribution in [0.4, 0.5) is 13.2 Å². The molecule has 2 aromatic carbocycles. The van der Waals surface area contributed by atoms with Gasteiger partial charge < -0.3 is 9.88 Å². The fourth-order valence-electron chi connectivity index (χ4n) is 2.81. The second-order valence-corrected chi connectivity index (χ2v) is 8.10. The Balaban J connectivity index is 1.91. The monoisotopic (exact) mass is 421 g/mol. The Morgan fingerprint density at radius 3 is 2.55 bits per heavy atom. The highest BCUT2D eigenvalue weighted by molar-refractivity contribution is 7.99. The number of hydrogen-bond donors (Lipinski definition) is 1. The third-order valence-corrected chi connectivity index (χ3v) is 5.24. The number of carbonyl (C=O) groups excluding carboxylic acids is 1. The van der Waals surface area contributed by atoms with Crippen LogP contribution in [0.1, 0.15) is 25.0 Å². The van der Waals surface area contributed by atoms with E-state index >= 15 is 0 Å². The molecule has 29 heavy (non-hydrogen) atoms. The molecule has 8 heteroatoms. The number of aromatic nitrogens is 2. The van der Waals surface area contributed by atoms with Crippen LogP contribution < -0.4 is 5.32 Å². The molecule has 0 spiro atoms. The van der Waals surface area contributed by atoms with Gasteiger partial charge in [0, 0.05) is 6.54 Å². The SMILES string of the molecule is CC(C)CNC(=O)CSc1nc2cc(C(F)(F)F)ccc2n1Cc1ccccc1. The maximum Gasteiger partial charge on any atom is 0.416 e. The Labute approximate surface area is 171 Å². The van der Waals surface area contributed by atoms with E-state index in [1.54, 1.807) is 0 Å². The summed E-state index contributed by atoms with van der Waals surface area (Å²) in [5.41, 5.74) is 1.13. The molecule has 0 aliphatic carbocycles. The van der Waals surface area contributed by atoms with Crippen LogP contribution in [0.5, 0.6) is 0 Å². The second kappa shape index (κ2) is 8.90. The predicted octanol–water partition coefficient (Wildman–Crippen LogP) is 4.97. The maximum atomic E-state index is 13.1. The van der Waals surface area contributed by atoms with Crippen molar-refractivity contribution in [1.29, 1.82) is 0 Å². The van der Waals surface area contributed by atoms with E-state index in [0.29, 0.717) is 29.7 Å². The summed E-state index contributed by atoms with van der Waals surface area (Å²) in [6.07, 6.45) is -4.43. The molecule has 0 bridgehead atoms. The zero-order valence-corrected chi connectivity index (χ0v) is 17.0. The first-order valence-corrected chi connectivity index (χ1v) is 10.2. The lowest BCUT2D eigenvalue weighted by Crippen LogP contribution is -2.28. The Morgan fingerprint density at radius 2 is 1.90 bits per heavy atom. The number of alkyl halides is 3. The number of fused-ring (bicyclic) bond motifs is 1. The van der Waals surface area contributed by atoms with Crippen molar-refractivity contribution in [2.45, 2.75) is 31.7 Å². The van der Waals surface area contributed by atoms with Gasteiger partial charge in [0.05, 0.1) is 28.9 Å². The largest absolute Gasteiger partial charge is 0.416 e. The average Bonchev–Trinajstić information content (AvgIpc) is 3.01. The summed E-state index contributed by atoms with van der Waals surface area (Å²) in [5.74, 6) is 0.363. The number of benzene rings is 2. The first-order chi connectivity index (χ1) is 13.7. The van der Waals surface area contributed by atoms with E-state index in [1.807, 2.05) is 48.7 Å². The van der Waals surface area contributed by atoms with Crippen molar-refractivity contribution >= 4 is 28.7 Å². The molecule has 3 rings (SSSR count). The van der Waals surface area contributed by atoms with Gasteiger partial charge in [0.25, 0.3) is 0 Å². The minimum absolute atomic E-state index is 0.127. The fraction of sp³-hybridized carbons (Fsp3) is 0.333. The van der Waals surface area contributed by atoms with Crippen LogP contribution in [0.3, 0.4) is 0 Å². The lowest BCUT2D eigenvalue weighted by Gasteiger charge is -2.10. The van der Waals surface area contributed by atoms with Crippen LogP contribution in [0, 0.1) is 5.92 Å². The van der Waals surface area contributed by atoms with Gasteiger partial charge in [-0.3, -0.25) is 4.79 Å². The van der Waals surface area contributed by atoms with Gasteiger partial charge in [-0.15, -0.1) is 0 Å². The quantitative estimate of drug-likeness (QED) is 0.548. The lowest BCUT2D eigenvalue weighted by atomic mass is 10.2. The molecule has 0 aliphatic heterocycles. The normalized spacial score (nSPS) is 11.9. The highest BCUT2D eigenvalue weighted by Gasteiger charge is 2.31. The highest BCUT2D eigenvalue weighted by atomic mass is 32.2. The van der Waals surface area contributed by atoms with Crippen molar-refractivity contribution in [3.05, 3.63) is 59.7 Å². The van der Waals surface area contributed by atoms with Gasteiger partial charge in [0.1, 0.15) is 0 Å². The van der Waals surface area contributed by atoms with Crippen LogP contribution in [0.15, 0.2) is 53.7 Å². The van der Waals surface area contributed by atoms with Crippen LogP contribution in [0.2, 0.25) is 0 Å². The zero-order valence-electron chi connectivity index (χ0n) is 16.2. The van der Waals surface area contributed by atoms with E-state index < -0.39 is 11.7 Å². The number of nitrogens with one attached hydrogen (secondary N) is 1. The molecule has 1 aromatic heterocycles. The van der Waals surface area contributed by atoms with Gasteiger partial charge in [-0.05, 0) is 29.7 Å². The van der Waals surface area contributed by atoms with E-state index in [0.717, 1.165) is 17.7 Å². The number of thioether (sulfide) groups is 1. The predicted molar refractivity (Wildman–Crippen MR) is 109 cm³/mol. The van der Waals surface area contributed by atoms with Crippen LogP contribution in [-0.4, -0.2) is 27.8 Å². The minimum atomic E-state index is -4.43. The Morgan fingerprint density at radius 1 is 1.17 bits per heavy atom. The third-order valence-electron chi connectivity index (χ3n) is 4.26. The van der Waals surface area contributed by atoms with Crippen molar-refractivity contribution in [3.8, 4) is 0 Å². The van der Waals surface area contributed by atoms with E-state index in [2.05, 4.69) is 10.3 Å². The lowest BCUT2D eigenvalue weighted by molar-refractivity contribution is -0.137. The van der Waals surface area contributed by atoms with Crippen LogP contribution in [0.25, 0.3) is 11.0 Å².